The van der Waals surface area contributed by atoms with Gasteiger partial charge in [-0.3, -0.25) is 4.90 Å². The Morgan fingerprint density at radius 2 is 1.94 bits per heavy atom. The van der Waals surface area contributed by atoms with Gasteiger partial charge >= 0.3 is 0 Å². The van der Waals surface area contributed by atoms with E-state index in [1.54, 1.807) is 0 Å². The highest BCUT2D eigenvalue weighted by Crippen LogP contribution is 2.30. The first-order valence-electron chi connectivity index (χ1n) is 6.56. The minimum absolute atomic E-state index is 0.168. The van der Waals surface area contributed by atoms with Gasteiger partial charge in [0.1, 0.15) is 12.0 Å². The highest BCUT2D eigenvalue weighted by Gasteiger charge is 2.31. The number of rotatable bonds is 1. The largest absolute Gasteiger partial charge is 0.351 e. The summed E-state index contributed by atoms with van der Waals surface area (Å²) in [6, 6.07) is 4.17. The number of aromatic nitrogens is 1. The molecule has 0 amide bonds. The van der Waals surface area contributed by atoms with E-state index in [-0.39, 0.29) is 5.54 Å². The Morgan fingerprint density at radius 3 is 2.56 bits per heavy atom. The quantitative estimate of drug-likeness (QED) is 0.761. The molecule has 2 aliphatic rings. The van der Waals surface area contributed by atoms with Crippen molar-refractivity contribution in [3.63, 3.8) is 0 Å². The first kappa shape index (κ1) is 11.9. The number of fused-ring (bicyclic) bond motifs is 1. The van der Waals surface area contributed by atoms with Gasteiger partial charge in [-0.05, 0) is 32.4 Å². The molecule has 0 radical (unpaired) electrons. The van der Waals surface area contributed by atoms with Gasteiger partial charge < -0.3 is 4.90 Å². The lowest BCUT2D eigenvalue weighted by atomic mass is 10.1. The summed E-state index contributed by atoms with van der Waals surface area (Å²) in [6.45, 7) is 9.54. The summed E-state index contributed by atoms with van der Waals surface area (Å²) in [5, 5.41) is 0. The number of pyridine rings is 1. The molecule has 0 saturated carbocycles. The van der Waals surface area contributed by atoms with Gasteiger partial charge in [-0.25, -0.2) is 9.37 Å². The fourth-order valence-corrected chi connectivity index (χ4v) is 2.50. The topological polar surface area (TPSA) is 19.4 Å². The van der Waals surface area contributed by atoms with Gasteiger partial charge in [-0.1, -0.05) is 6.07 Å². The second kappa shape index (κ2) is 3.92. The summed E-state index contributed by atoms with van der Waals surface area (Å²) < 4.78 is 12.9. The van der Waals surface area contributed by atoms with Gasteiger partial charge in [0.2, 0.25) is 0 Å². The molecule has 0 aromatic carbocycles. The average molecular weight is 249 g/mol. The summed E-state index contributed by atoms with van der Waals surface area (Å²) in [7, 11) is 0. The first-order chi connectivity index (χ1) is 8.43. The van der Waals surface area contributed by atoms with Gasteiger partial charge in [0.05, 0.1) is 18.8 Å². The van der Waals surface area contributed by atoms with E-state index >= 15 is 0 Å². The molecule has 0 spiro atoms. The molecule has 98 valence electrons. The fourth-order valence-electron chi connectivity index (χ4n) is 2.50. The molecule has 18 heavy (non-hydrogen) atoms. The SMILES string of the molecule is CC(C)(C)N1Cc2ccc(N3CC(F)C3)nc2C1. The molecule has 0 N–H and O–H groups in total. The van der Waals surface area contributed by atoms with Crippen LogP contribution < -0.4 is 4.90 Å². The van der Waals surface area contributed by atoms with Gasteiger partial charge in [-0.15, -0.1) is 0 Å². The number of hydrogen-bond donors (Lipinski definition) is 0. The van der Waals surface area contributed by atoms with Crippen molar-refractivity contribution in [3.8, 4) is 0 Å². The highest BCUT2D eigenvalue weighted by molar-refractivity contribution is 5.45. The molecule has 4 heteroatoms. The number of anilines is 1. The third-order valence-electron chi connectivity index (χ3n) is 3.87. The third kappa shape index (κ3) is 1.99. The molecule has 1 aromatic rings. The van der Waals surface area contributed by atoms with Crippen LogP contribution in [0.15, 0.2) is 12.1 Å². The molecule has 1 saturated heterocycles. The lowest BCUT2D eigenvalue weighted by Gasteiger charge is -2.35. The maximum absolute atomic E-state index is 12.9. The molecule has 0 bridgehead atoms. The zero-order valence-corrected chi connectivity index (χ0v) is 11.3. The minimum Gasteiger partial charge on any atom is -0.351 e. The van der Waals surface area contributed by atoms with Crippen LogP contribution in [0.3, 0.4) is 0 Å². The summed E-state index contributed by atoms with van der Waals surface area (Å²) in [5.74, 6) is 0.929. The number of hydrogen-bond acceptors (Lipinski definition) is 3. The van der Waals surface area contributed by atoms with E-state index in [4.69, 9.17) is 4.98 Å². The Morgan fingerprint density at radius 1 is 1.22 bits per heavy atom. The van der Waals surface area contributed by atoms with Crippen LogP contribution in [0.4, 0.5) is 10.2 Å². The van der Waals surface area contributed by atoms with Crippen molar-refractivity contribution in [2.75, 3.05) is 18.0 Å². The van der Waals surface area contributed by atoms with Gasteiger partial charge in [0.15, 0.2) is 0 Å². The van der Waals surface area contributed by atoms with Crippen LogP contribution in [-0.2, 0) is 13.1 Å². The Kier molecular flexibility index (Phi) is 2.59. The molecule has 0 aliphatic carbocycles. The predicted molar refractivity (Wildman–Crippen MR) is 70.3 cm³/mol. The van der Waals surface area contributed by atoms with Crippen LogP contribution in [0.2, 0.25) is 0 Å². The first-order valence-corrected chi connectivity index (χ1v) is 6.56. The van der Waals surface area contributed by atoms with Crippen molar-refractivity contribution < 1.29 is 4.39 Å². The summed E-state index contributed by atoms with van der Waals surface area (Å²) in [4.78, 5) is 9.11. The van der Waals surface area contributed by atoms with Gasteiger partial charge in [0, 0.05) is 18.6 Å². The molecule has 3 nitrogen and oxygen atoms in total. The molecule has 1 fully saturated rings. The molecular weight excluding hydrogens is 229 g/mol. The van der Waals surface area contributed by atoms with Crippen LogP contribution in [0.5, 0.6) is 0 Å². The van der Waals surface area contributed by atoms with E-state index in [2.05, 4.69) is 31.7 Å². The maximum atomic E-state index is 12.9. The molecule has 2 aliphatic heterocycles. The van der Waals surface area contributed by atoms with Crippen molar-refractivity contribution in [1.82, 2.24) is 9.88 Å². The normalized spacial score (nSPS) is 21.0. The Labute approximate surface area is 108 Å². The van der Waals surface area contributed by atoms with Crippen LogP contribution in [0.1, 0.15) is 32.0 Å². The van der Waals surface area contributed by atoms with Crippen LogP contribution >= 0.6 is 0 Å². The van der Waals surface area contributed by atoms with Crippen molar-refractivity contribution in [2.45, 2.75) is 45.6 Å². The van der Waals surface area contributed by atoms with Crippen LogP contribution in [0, 0.1) is 0 Å². The van der Waals surface area contributed by atoms with Gasteiger partial charge in [0.25, 0.3) is 0 Å². The second-order valence-corrected chi connectivity index (χ2v) is 6.30. The summed E-state index contributed by atoms with van der Waals surface area (Å²) in [6.07, 6.45) is -0.675. The van der Waals surface area contributed by atoms with E-state index in [9.17, 15) is 4.39 Å². The maximum Gasteiger partial charge on any atom is 0.135 e. The molecule has 1 aromatic heterocycles. The van der Waals surface area contributed by atoms with Gasteiger partial charge in [-0.2, -0.15) is 0 Å². The molecule has 0 atom stereocenters. The highest BCUT2D eigenvalue weighted by atomic mass is 19.1. The molecule has 0 unspecified atom stereocenters. The zero-order chi connectivity index (χ0) is 12.9. The van der Waals surface area contributed by atoms with Crippen molar-refractivity contribution in [2.24, 2.45) is 0 Å². The fraction of sp³-hybridized carbons (Fsp3) is 0.643. The van der Waals surface area contributed by atoms with Crippen LogP contribution in [0.25, 0.3) is 0 Å². The predicted octanol–water partition coefficient (Wildman–Crippen LogP) is 2.35. The van der Waals surface area contributed by atoms with Crippen LogP contribution in [-0.4, -0.2) is 34.7 Å². The zero-order valence-electron chi connectivity index (χ0n) is 11.3. The molecule has 3 heterocycles. The third-order valence-corrected chi connectivity index (χ3v) is 3.87. The van der Waals surface area contributed by atoms with E-state index in [0.29, 0.717) is 13.1 Å². The van der Waals surface area contributed by atoms with Crippen molar-refractivity contribution in [1.29, 1.82) is 0 Å². The average Bonchev–Trinajstić information content (AvgIpc) is 2.66. The Hall–Kier alpha value is -1.16. The van der Waals surface area contributed by atoms with Crippen molar-refractivity contribution in [3.05, 3.63) is 23.4 Å². The number of halogens is 1. The lowest BCUT2D eigenvalue weighted by Crippen LogP contribution is -2.48. The lowest BCUT2D eigenvalue weighted by molar-refractivity contribution is 0.135. The standard InChI is InChI=1S/C14H20FN3/c1-14(2,3)18-6-10-4-5-13(16-12(10)9-18)17-7-11(15)8-17/h4-5,11H,6-9H2,1-3H3. The molecular formula is C14H20FN3. The number of alkyl halides is 1. The second-order valence-electron chi connectivity index (χ2n) is 6.30. The summed E-state index contributed by atoms with van der Waals surface area (Å²) in [5.41, 5.74) is 2.64. The van der Waals surface area contributed by atoms with E-state index in [0.717, 1.165) is 24.6 Å². The Balaban J connectivity index is 1.79. The van der Waals surface area contributed by atoms with E-state index in [1.807, 2.05) is 11.0 Å². The monoisotopic (exact) mass is 249 g/mol. The van der Waals surface area contributed by atoms with E-state index < -0.39 is 6.17 Å². The summed E-state index contributed by atoms with van der Waals surface area (Å²) >= 11 is 0. The molecule has 3 rings (SSSR count). The minimum atomic E-state index is -0.675. The Bertz CT molecular complexity index is 461. The number of nitrogens with zero attached hydrogens (tertiary/aromatic N) is 3. The van der Waals surface area contributed by atoms with Crippen molar-refractivity contribution >= 4 is 5.82 Å². The smallest absolute Gasteiger partial charge is 0.135 e. The van der Waals surface area contributed by atoms with E-state index in [1.165, 1.54) is 5.56 Å².